The third-order valence-corrected chi connectivity index (χ3v) is 5.93. The van der Waals surface area contributed by atoms with Gasteiger partial charge in [-0.05, 0) is 36.8 Å². The molecule has 3 aromatic rings. The van der Waals surface area contributed by atoms with Crippen LogP contribution < -0.4 is 10.2 Å². The van der Waals surface area contributed by atoms with Gasteiger partial charge in [-0.15, -0.1) is 10.2 Å². The Bertz CT molecular complexity index is 1010. The molecule has 7 nitrogen and oxygen atoms in total. The lowest BCUT2D eigenvalue weighted by molar-refractivity contribution is -0.119. The van der Waals surface area contributed by atoms with Crippen LogP contribution in [-0.2, 0) is 9.53 Å². The number of para-hydroxylation sites is 1. The van der Waals surface area contributed by atoms with Crippen LogP contribution >= 0.6 is 11.8 Å². The number of halogens is 1. The van der Waals surface area contributed by atoms with E-state index in [1.54, 1.807) is 12.1 Å². The van der Waals surface area contributed by atoms with Crippen molar-refractivity contribution in [2.75, 3.05) is 37.0 Å². The number of hydrogen-bond acceptors (Lipinski definition) is 6. The predicted octanol–water partition coefficient (Wildman–Crippen LogP) is 3.21. The molecular formula is C22H24FN5O2S. The number of aromatic nitrogens is 3. The van der Waals surface area contributed by atoms with Crippen LogP contribution in [0.5, 0.6) is 0 Å². The topological polar surface area (TPSA) is 72.3 Å². The number of rotatable bonds is 7. The molecule has 2 aromatic carbocycles. The number of anilines is 1. The molecule has 0 aliphatic carbocycles. The summed E-state index contributed by atoms with van der Waals surface area (Å²) in [6, 6.07) is 15.8. The Labute approximate surface area is 184 Å². The number of benzene rings is 2. The van der Waals surface area contributed by atoms with Gasteiger partial charge in [0.2, 0.25) is 11.9 Å². The average Bonchev–Trinajstić information content (AvgIpc) is 3.23. The fraction of sp³-hybridized carbons (Fsp3) is 0.318. The molecule has 31 heavy (non-hydrogen) atoms. The first kappa shape index (κ1) is 21.3. The van der Waals surface area contributed by atoms with E-state index in [1.807, 2.05) is 41.8 Å². The summed E-state index contributed by atoms with van der Waals surface area (Å²) in [7, 11) is 0. The molecule has 1 amide bonds. The summed E-state index contributed by atoms with van der Waals surface area (Å²) in [5.74, 6) is 0.517. The third-order valence-electron chi connectivity index (χ3n) is 5.00. The van der Waals surface area contributed by atoms with Gasteiger partial charge < -0.3 is 15.0 Å². The highest BCUT2D eigenvalue weighted by molar-refractivity contribution is 7.99. The maximum atomic E-state index is 13.1. The largest absolute Gasteiger partial charge is 0.378 e. The van der Waals surface area contributed by atoms with Gasteiger partial charge in [-0.25, -0.2) is 4.39 Å². The van der Waals surface area contributed by atoms with Crippen molar-refractivity contribution in [2.24, 2.45) is 0 Å². The maximum Gasteiger partial charge on any atom is 0.232 e. The summed E-state index contributed by atoms with van der Waals surface area (Å²) < 4.78 is 20.6. The fourth-order valence-corrected chi connectivity index (χ4v) is 4.13. The summed E-state index contributed by atoms with van der Waals surface area (Å²) in [5, 5.41) is 12.4. The molecule has 1 atom stereocenters. The molecule has 0 spiro atoms. The Morgan fingerprint density at radius 3 is 2.55 bits per heavy atom. The number of nitrogens with one attached hydrogen (secondary N) is 1. The second-order valence-corrected chi connectivity index (χ2v) is 8.12. The number of amides is 1. The van der Waals surface area contributed by atoms with Gasteiger partial charge in [0.05, 0.1) is 30.7 Å². The van der Waals surface area contributed by atoms with E-state index >= 15 is 0 Å². The first-order valence-electron chi connectivity index (χ1n) is 10.1. The zero-order valence-electron chi connectivity index (χ0n) is 17.2. The summed E-state index contributed by atoms with van der Waals surface area (Å²) in [4.78, 5) is 14.7. The molecule has 0 radical (unpaired) electrons. The smallest absolute Gasteiger partial charge is 0.232 e. The molecule has 1 fully saturated rings. The standard InChI is InChI=1S/C22H24FN5O2S/c1-16(17-7-9-18(23)10-8-17)24-20(29)15-31-22-26-25-21(27-11-13-30-14-12-27)28(22)19-5-3-2-4-6-19/h2-10,16H,11-15H2,1H3,(H,24,29)/t16-/m0/s1. The molecule has 0 saturated carbocycles. The van der Waals surface area contributed by atoms with Crippen molar-refractivity contribution in [1.82, 2.24) is 20.1 Å². The summed E-state index contributed by atoms with van der Waals surface area (Å²) in [6.45, 7) is 4.65. The van der Waals surface area contributed by atoms with E-state index in [2.05, 4.69) is 20.4 Å². The van der Waals surface area contributed by atoms with Gasteiger partial charge in [0.15, 0.2) is 5.16 Å². The second-order valence-electron chi connectivity index (χ2n) is 7.18. The molecule has 1 aromatic heterocycles. The molecule has 0 unspecified atom stereocenters. The monoisotopic (exact) mass is 441 g/mol. The predicted molar refractivity (Wildman–Crippen MR) is 118 cm³/mol. The zero-order chi connectivity index (χ0) is 21.6. The van der Waals surface area contributed by atoms with E-state index in [4.69, 9.17) is 4.74 Å². The molecule has 4 rings (SSSR count). The molecule has 9 heteroatoms. The van der Waals surface area contributed by atoms with Crippen molar-refractivity contribution in [1.29, 1.82) is 0 Å². The van der Waals surface area contributed by atoms with E-state index in [9.17, 15) is 9.18 Å². The number of ether oxygens (including phenoxy) is 1. The quantitative estimate of drug-likeness (QED) is 0.568. The minimum absolute atomic E-state index is 0.127. The zero-order valence-corrected chi connectivity index (χ0v) is 18.0. The molecule has 1 aliphatic heterocycles. The molecular weight excluding hydrogens is 417 g/mol. The normalized spacial score (nSPS) is 15.0. The first-order chi connectivity index (χ1) is 15.1. The van der Waals surface area contributed by atoms with Crippen molar-refractivity contribution in [3.63, 3.8) is 0 Å². The molecule has 1 aliphatic rings. The fourth-order valence-electron chi connectivity index (χ4n) is 3.37. The minimum Gasteiger partial charge on any atom is -0.378 e. The Kier molecular flexibility index (Phi) is 6.83. The van der Waals surface area contributed by atoms with Crippen molar-refractivity contribution in [2.45, 2.75) is 18.1 Å². The van der Waals surface area contributed by atoms with E-state index < -0.39 is 0 Å². The molecule has 1 saturated heterocycles. The van der Waals surface area contributed by atoms with Crippen LogP contribution in [0.1, 0.15) is 18.5 Å². The lowest BCUT2D eigenvalue weighted by atomic mass is 10.1. The number of carbonyl (C=O) groups is 1. The van der Waals surface area contributed by atoms with Crippen molar-refractivity contribution in [3.05, 3.63) is 66.0 Å². The summed E-state index contributed by atoms with van der Waals surface area (Å²) in [5.41, 5.74) is 1.79. The first-order valence-corrected chi connectivity index (χ1v) is 11.1. The molecule has 2 heterocycles. The van der Waals surface area contributed by atoms with Gasteiger partial charge in [0.25, 0.3) is 0 Å². The van der Waals surface area contributed by atoms with Crippen LogP contribution in [0, 0.1) is 5.82 Å². The Morgan fingerprint density at radius 1 is 1.13 bits per heavy atom. The van der Waals surface area contributed by atoms with Crippen molar-refractivity contribution >= 4 is 23.6 Å². The van der Waals surface area contributed by atoms with E-state index in [0.29, 0.717) is 18.4 Å². The summed E-state index contributed by atoms with van der Waals surface area (Å²) in [6.07, 6.45) is 0. The minimum atomic E-state index is -0.297. The van der Waals surface area contributed by atoms with Gasteiger partial charge in [0, 0.05) is 13.1 Å². The van der Waals surface area contributed by atoms with Crippen LogP contribution in [0.4, 0.5) is 10.3 Å². The van der Waals surface area contributed by atoms with Crippen LogP contribution in [0.2, 0.25) is 0 Å². The lowest BCUT2D eigenvalue weighted by Crippen LogP contribution is -2.37. The Morgan fingerprint density at radius 2 is 1.84 bits per heavy atom. The molecule has 0 bridgehead atoms. The van der Waals surface area contributed by atoms with Gasteiger partial charge >= 0.3 is 0 Å². The third kappa shape index (κ3) is 5.23. The number of morpholine rings is 1. The van der Waals surface area contributed by atoms with Gasteiger partial charge in [-0.3, -0.25) is 9.36 Å². The van der Waals surface area contributed by atoms with E-state index in [1.165, 1.54) is 23.9 Å². The van der Waals surface area contributed by atoms with Crippen molar-refractivity contribution in [3.8, 4) is 5.69 Å². The highest BCUT2D eigenvalue weighted by Crippen LogP contribution is 2.27. The van der Waals surface area contributed by atoms with E-state index in [-0.39, 0.29) is 23.5 Å². The second kappa shape index (κ2) is 9.93. The van der Waals surface area contributed by atoms with Crippen LogP contribution in [-0.4, -0.2) is 52.7 Å². The Hall–Kier alpha value is -2.91. The van der Waals surface area contributed by atoms with Crippen LogP contribution in [0.25, 0.3) is 5.69 Å². The SMILES string of the molecule is C[C@H](NC(=O)CSc1nnc(N2CCOCC2)n1-c1ccccc1)c1ccc(F)cc1. The Balaban J connectivity index is 1.47. The number of thioether (sulfide) groups is 1. The van der Waals surface area contributed by atoms with Gasteiger partial charge in [-0.2, -0.15) is 0 Å². The molecule has 1 N–H and O–H groups in total. The van der Waals surface area contributed by atoms with Crippen molar-refractivity contribution < 1.29 is 13.9 Å². The van der Waals surface area contributed by atoms with Crippen LogP contribution in [0.15, 0.2) is 59.8 Å². The molecule has 162 valence electrons. The lowest BCUT2D eigenvalue weighted by Gasteiger charge is -2.27. The maximum absolute atomic E-state index is 13.1. The highest BCUT2D eigenvalue weighted by Gasteiger charge is 2.22. The number of carbonyl (C=O) groups excluding carboxylic acids is 1. The number of hydrogen-bond donors (Lipinski definition) is 1. The van der Waals surface area contributed by atoms with Gasteiger partial charge in [-0.1, -0.05) is 42.1 Å². The average molecular weight is 442 g/mol. The summed E-state index contributed by atoms with van der Waals surface area (Å²) >= 11 is 1.33. The van der Waals surface area contributed by atoms with Crippen LogP contribution in [0.3, 0.4) is 0 Å². The van der Waals surface area contributed by atoms with Gasteiger partial charge in [0.1, 0.15) is 5.82 Å². The highest BCUT2D eigenvalue weighted by atomic mass is 32.2. The van der Waals surface area contributed by atoms with E-state index in [0.717, 1.165) is 30.3 Å². The number of nitrogens with zero attached hydrogens (tertiary/aromatic N) is 4.